The van der Waals surface area contributed by atoms with Gasteiger partial charge in [-0.1, -0.05) is 25.1 Å². The van der Waals surface area contributed by atoms with Crippen molar-refractivity contribution in [2.45, 2.75) is 17.7 Å². The van der Waals surface area contributed by atoms with E-state index in [1.807, 2.05) is 29.8 Å². The van der Waals surface area contributed by atoms with Gasteiger partial charge in [0.25, 0.3) is 0 Å². The Morgan fingerprint density at radius 3 is 2.74 bits per heavy atom. The Hall–Kier alpha value is -2.06. The number of benzene rings is 1. The highest BCUT2D eigenvalue weighted by Gasteiger charge is 2.10. The Bertz CT molecular complexity index is 704. The minimum absolute atomic E-state index is 0.0252. The van der Waals surface area contributed by atoms with Gasteiger partial charge in [0.05, 0.1) is 5.01 Å². The SMILES string of the molecule is CC(CNC(=NCC(=O)N(C)C)NCCSc1ccccc1)c1nccs1. The quantitative estimate of drug-likeness (QED) is 0.291. The van der Waals surface area contributed by atoms with Crippen molar-refractivity contribution in [3.63, 3.8) is 0 Å². The first-order valence-corrected chi connectivity index (χ1v) is 10.7. The van der Waals surface area contributed by atoms with Crippen LogP contribution >= 0.6 is 23.1 Å². The molecule has 2 aromatic rings. The highest BCUT2D eigenvalue weighted by molar-refractivity contribution is 7.99. The van der Waals surface area contributed by atoms with Crippen LogP contribution in [0.5, 0.6) is 0 Å². The van der Waals surface area contributed by atoms with Crippen molar-refractivity contribution in [1.29, 1.82) is 0 Å². The summed E-state index contributed by atoms with van der Waals surface area (Å²) < 4.78 is 0. The molecule has 146 valence electrons. The van der Waals surface area contributed by atoms with Crippen molar-refractivity contribution in [3.05, 3.63) is 46.9 Å². The lowest BCUT2D eigenvalue weighted by Crippen LogP contribution is -2.41. The molecular formula is C19H27N5OS2. The average Bonchev–Trinajstić information content (AvgIpc) is 3.21. The van der Waals surface area contributed by atoms with Gasteiger partial charge in [-0.15, -0.1) is 23.1 Å². The molecule has 0 aliphatic rings. The molecule has 0 saturated carbocycles. The number of rotatable bonds is 9. The summed E-state index contributed by atoms with van der Waals surface area (Å²) in [6.07, 6.45) is 1.82. The highest BCUT2D eigenvalue weighted by Crippen LogP contribution is 2.17. The number of nitrogens with one attached hydrogen (secondary N) is 2. The monoisotopic (exact) mass is 405 g/mol. The van der Waals surface area contributed by atoms with Crippen LogP contribution in [0.4, 0.5) is 0 Å². The van der Waals surface area contributed by atoms with E-state index in [1.165, 1.54) is 4.90 Å². The van der Waals surface area contributed by atoms with Crippen molar-refractivity contribution in [2.24, 2.45) is 4.99 Å². The van der Waals surface area contributed by atoms with E-state index in [1.54, 1.807) is 42.1 Å². The number of thiazole rings is 1. The molecule has 1 aromatic heterocycles. The number of nitrogens with zero attached hydrogens (tertiary/aromatic N) is 3. The second-order valence-electron chi connectivity index (χ2n) is 6.19. The molecule has 1 aromatic carbocycles. The second kappa shape index (κ2) is 11.6. The molecule has 0 saturated heterocycles. The van der Waals surface area contributed by atoms with Crippen LogP contribution in [-0.2, 0) is 4.79 Å². The number of hydrogen-bond donors (Lipinski definition) is 2. The van der Waals surface area contributed by atoms with Crippen LogP contribution < -0.4 is 10.6 Å². The molecule has 0 radical (unpaired) electrons. The van der Waals surface area contributed by atoms with E-state index in [-0.39, 0.29) is 18.4 Å². The van der Waals surface area contributed by atoms with Crippen LogP contribution in [0.2, 0.25) is 0 Å². The Balaban J connectivity index is 1.84. The lowest BCUT2D eigenvalue weighted by atomic mass is 10.2. The third-order valence-electron chi connectivity index (χ3n) is 3.73. The predicted molar refractivity (Wildman–Crippen MR) is 115 cm³/mol. The highest BCUT2D eigenvalue weighted by atomic mass is 32.2. The number of amides is 1. The Kier molecular flexibility index (Phi) is 9.13. The van der Waals surface area contributed by atoms with E-state index < -0.39 is 0 Å². The molecule has 0 spiro atoms. The fourth-order valence-electron chi connectivity index (χ4n) is 2.13. The predicted octanol–water partition coefficient (Wildman–Crippen LogP) is 2.66. The molecule has 1 atom stereocenters. The summed E-state index contributed by atoms with van der Waals surface area (Å²) in [7, 11) is 3.47. The van der Waals surface area contributed by atoms with Gasteiger partial charge >= 0.3 is 0 Å². The molecule has 6 nitrogen and oxygen atoms in total. The van der Waals surface area contributed by atoms with E-state index in [0.717, 1.165) is 17.3 Å². The van der Waals surface area contributed by atoms with Gasteiger partial charge < -0.3 is 15.5 Å². The fourth-order valence-corrected chi connectivity index (χ4v) is 3.62. The lowest BCUT2D eigenvalue weighted by molar-refractivity contribution is -0.127. The zero-order valence-corrected chi connectivity index (χ0v) is 17.6. The van der Waals surface area contributed by atoms with Crippen LogP contribution in [0.15, 0.2) is 51.8 Å². The van der Waals surface area contributed by atoms with Crippen molar-refractivity contribution in [1.82, 2.24) is 20.5 Å². The number of carbonyl (C=O) groups is 1. The third kappa shape index (κ3) is 8.01. The van der Waals surface area contributed by atoms with Gasteiger partial charge in [0.2, 0.25) is 5.91 Å². The molecule has 1 heterocycles. The summed E-state index contributed by atoms with van der Waals surface area (Å²) in [5.41, 5.74) is 0. The number of hydrogen-bond acceptors (Lipinski definition) is 5. The number of carbonyl (C=O) groups excluding carboxylic acids is 1. The molecule has 1 amide bonds. The van der Waals surface area contributed by atoms with Gasteiger partial charge in [0.15, 0.2) is 5.96 Å². The van der Waals surface area contributed by atoms with Crippen LogP contribution in [0.3, 0.4) is 0 Å². The fraction of sp³-hybridized carbons (Fsp3) is 0.421. The number of thioether (sulfide) groups is 1. The third-order valence-corrected chi connectivity index (χ3v) is 5.75. The summed E-state index contributed by atoms with van der Waals surface area (Å²) >= 11 is 3.43. The van der Waals surface area contributed by atoms with Gasteiger partial charge in [-0.25, -0.2) is 9.98 Å². The molecule has 1 unspecified atom stereocenters. The van der Waals surface area contributed by atoms with Crippen molar-refractivity contribution in [2.75, 3.05) is 39.5 Å². The smallest absolute Gasteiger partial charge is 0.243 e. The molecule has 2 rings (SSSR count). The van der Waals surface area contributed by atoms with Gasteiger partial charge in [-0.2, -0.15) is 0 Å². The largest absolute Gasteiger partial charge is 0.356 e. The van der Waals surface area contributed by atoms with Crippen LogP contribution in [0.25, 0.3) is 0 Å². The summed E-state index contributed by atoms with van der Waals surface area (Å²) in [4.78, 5) is 23.4. The van der Waals surface area contributed by atoms with Gasteiger partial charge in [0.1, 0.15) is 6.54 Å². The van der Waals surface area contributed by atoms with E-state index in [4.69, 9.17) is 0 Å². The van der Waals surface area contributed by atoms with Crippen LogP contribution in [0, 0.1) is 0 Å². The summed E-state index contributed by atoms with van der Waals surface area (Å²) in [5.74, 6) is 1.82. The zero-order valence-electron chi connectivity index (χ0n) is 16.0. The number of aliphatic imine (C=N–C) groups is 1. The standard InChI is InChI=1S/C19H27N5OS2/c1-15(18-20-9-12-27-18)13-22-19(23-14-17(25)24(2)3)21-10-11-26-16-7-5-4-6-8-16/h4-9,12,15H,10-11,13-14H2,1-3H3,(H2,21,22,23). The van der Waals surface area contributed by atoms with Crippen molar-refractivity contribution < 1.29 is 4.79 Å². The van der Waals surface area contributed by atoms with Crippen molar-refractivity contribution >= 4 is 35.0 Å². The Morgan fingerprint density at radius 1 is 1.30 bits per heavy atom. The number of guanidine groups is 1. The minimum atomic E-state index is -0.0252. The van der Waals surface area contributed by atoms with Gasteiger partial charge in [0, 0.05) is 55.3 Å². The number of aromatic nitrogens is 1. The summed E-state index contributed by atoms with van der Waals surface area (Å²) in [6.45, 7) is 3.72. The molecule has 0 aliphatic carbocycles. The maximum Gasteiger partial charge on any atom is 0.243 e. The molecule has 0 aliphatic heterocycles. The molecule has 0 bridgehead atoms. The average molecular weight is 406 g/mol. The van der Waals surface area contributed by atoms with E-state index in [2.05, 4.69) is 39.7 Å². The molecular weight excluding hydrogens is 378 g/mol. The first-order valence-electron chi connectivity index (χ1n) is 8.86. The van der Waals surface area contributed by atoms with Crippen molar-refractivity contribution in [3.8, 4) is 0 Å². The van der Waals surface area contributed by atoms with Crippen LogP contribution in [-0.4, -0.2) is 61.2 Å². The zero-order chi connectivity index (χ0) is 19.5. The van der Waals surface area contributed by atoms with E-state index >= 15 is 0 Å². The number of likely N-dealkylation sites (N-methyl/N-ethyl adjacent to an activating group) is 1. The normalized spacial score (nSPS) is 12.5. The molecule has 0 fully saturated rings. The molecule has 8 heteroatoms. The minimum Gasteiger partial charge on any atom is -0.356 e. The maximum atomic E-state index is 11.8. The Morgan fingerprint density at radius 2 is 2.07 bits per heavy atom. The Labute approximate surface area is 169 Å². The van der Waals surface area contributed by atoms with Gasteiger partial charge in [-0.3, -0.25) is 4.79 Å². The first kappa shape index (κ1) is 21.2. The lowest BCUT2D eigenvalue weighted by Gasteiger charge is -2.16. The maximum absolute atomic E-state index is 11.8. The van der Waals surface area contributed by atoms with Gasteiger partial charge in [-0.05, 0) is 12.1 Å². The summed E-state index contributed by atoms with van der Waals surface area (Å²) in [5, 5.41) is 9.71. The second-order valence-corrected chi connectivity index (χ2v) is 8.29. The topological polar surface area (TPSA) is 69.6 Å². The van der Waals surface area contributed by atoms with E-state index in [0.29, 0.717) is 12.5 Å². The molecule has 2 N–H and O–H groups in total. The first-order chi connectivity index (χ1) is 13.1. The summed E-state index contributed by atoms with van der Waals surface area (Å²) in [6, 6.07) is 10.3. The van der Waals surface area contributed by atoms with Crippen LogP contribution in [0.1, 0.15) is 17.8 Å². The molecule has 27 heavy (non-hydrogen) atoms. The van der Waals surface area contributed by atoms with E-state index in [9.17, 15) is 4.79 Å².